The maximum absolute atomic E-state index is 3.68. The lowest BCUT2D eigenvalue weighted by Gasteiger charge is -1.77. The number of tetrazole rings is 1. The van der Waals surface area contributed by atoms with Crippen molar-refractivity contribution >= 4 is 0 Å². The van der Waals surface area contributed by atoms with Crippen LogP contribution in [0.1, 0.15) is 25.6 Å². The quantitative estimate of drug-likeness (QED) is 0.607. The molecule has 0 unspecified atom stereocenters. The van der Waals surface area contributed by atoms with E-state index in [1.165, 1.54) is 12.8 Å². The molecular weight excluding hydrogens is 142 g/mol. The van der Waals surface area contributed by atoms with Gasteiger partial charge in [-0.25, -0.2) is 0 Å². The lowest BCUT2D eigenvalue weighted by Crippen LogP contribution is -2.49. The van der Waals surface area contributed by atoms with Crippen molar-refractivity contribution in [1.82, 2.24) is 20.6 Å². The molecule has 0 aliphatic heterocycles. The van der Waals surface area contributed by atoms with Crippen molar-refractivity contribution < 1.29 is 5.73 Å². The van der Waals surface area contributed by atoms with E-state index in [-0.39, 0.29) is 0 Å². The van der Waals surface area contributed by atoms with Gasteiger partial charge in [0, 0.05) is 5.82 Å². The van der Waals surface area contributed by atoms with Crippen LogP contribution in [0.2, 0.25) is 0 Å². The third-order valence-corrected chi connectivity index (χ3v) is 1.02. The lowest BCUT2D eigenvalue weighted by molar-refractivity contribution is -0.368. The van der Waals surface area contributed by atoms with Crippen LogP contribution in [-0.4, -0.2) is 22.1 Å². The van der Waals surface area contributed by atoms with E-state index in [4.69, 9.17) is 0 Å². The van der Waals surface area contributed by atoms with Gasteiger partial charge >= 0.3 is 0 Å². The highest BCUT2D eigenvalue weighted by Crippen LogP contribution is 1.75. The Morgan fingerprint density at radius 3 is 2.36 bits per heavy atom. The van der Waals surface area contributed by atoms with Crippen molar-refractivity contribution in [3.8, 4) is 0 Å². The third kappa shape index (κ3) is 6.92. The van der Waals surface area contributed by atoms with Crippen molar-refractivity contribution in [1.29, 1.82) is 0 Å². The first kappa shape index (κ1) is 10.0. The Hall–Kier alpha value is -0.970. The van der Waals surface area contributed by atoms with Crippen LogP contribution in [0.5, 0.6) is 0 Å². The second-order valence-corrected chi connectivity index (χ2v) is 2.13. The molecule has 0 saturated heterocycles. The largest absolute Gasteiger partial charge is 0.358 e. The monoisotopic (exact) mass is 157 g/mol. The Morgan fingerprint density at radius 2 is 2.27 bits per heavy atom. The zero-order valence-corrected chi connectivity index (χ0v) is 7.12. The molecule has 11 heavy (non-hydrogen) atoms. The lowest BCUT2D eigenvalue weighted by atomic mass is 10.3. The van der Waals surface area contributed by atoms with Gasteiger partial charge in [-0.15, -0.1) is 0 Å². The van der Waals surface area contributed by atoms with Crippen LogP contribution in [0.15, 0.2) is 0 Å². The first-order chi connectivity index (χ1) is 5.31. The van der Waals surface area contributed by atoms with Gasteiger partial charge in [-0.1, -0.05) is 13.3 Å². The van der Waals surface area contributed by atoms with Gasteiger partial charge in [-0.3, -0.25) is 10.3 Å². The third-order valence-electron chi connectivity index (χ3n) is 1.02. The smallest absolute Gasteiger partial charge is 0.0739 e. The molecule has 0 bridgehead atoms. The van der Waals surface area contributed by atoms with E-state index in [2.05, 4.69) is 33.3 Å². The second-order valence-electron chi connectivity index (χ2n) is 2.13. The average molecular weight is 157 g/mol. The molecule has 0 amide bonds. The summed E-state index contributed by atoms with van der Waals surface area (Å²) in [7, 11) is 0. The summed E-state index contributed by atoms with van der Waals surface area (Å²) in [5, 5.41) is 13.3. The molecule has 0 radical (unpaired) electrons. The number of quaternary nitrogens is 1. The fourth-order valence-corrected chi connectivity index (χ4v) is 0.439. The summed E-state index contributed by atoms with van der Waals surface area (Å²) in [6, 6.07) is 0. The van der Waals surface area contributed by atoms with E-state index in [1.807, 2.05) is 0 Å². The molecule has 1 rings (SSSR count). The molecule has 1 heterocycles. The van der Waals surface area contributed by atoms with Crippen molar-refractivity contribution in [2.75, 3.05) is 6.54 Å². The number of hydrogen-bond acceptors (Lipinski definition) is 3. The van der Waals surface area contributed by atoms with Crippen LogP contribution >= 0.6 is 0 Å². The molecule has 0 aliphatic rings. The molecule has 0 aromatic carbocycles. The predicted molar refractivity (Wildman–Crippen MR) is 40.5 cm³/mol. The summed E-state index contributed by atoms with van der Waals surface area (Å²) in [5.74, 6) is 0.620. The average Bonchev–Trinajstić information content (AvgIpc) is 2.43. The van der Waals surface area contributed by atoms with Crippen LogP contribution in [0.25, 0.3) is 0 Å². The highest BCUT2D eigenvalue weighted by molar-refractivity contribution is 4.63. The molecule has 64 valence electrons. The van der Waals surface area contributed by atoms with E-state index in [1.54, 1.807) is 6.92 Å². The Kier molecular flexibility index (Phi) is 6.51. The minimum atomic E-state index is 0.620. The van der Waals surface area contributed by atoms with Crippen LogP contribution in [0.3, 0.4) is 0 Å². The van der Waals surface area contributed by atoms with Crippen molar-refractivity contribution in [3.05, 3.63) is 5.82 Å². The topological polar surface area (TPSA) is 80.4 Å². The van der Waals surface area contributed by atoms with Gasteiger partial charge in [0.1, 0.15) is 0 Å². The summed E-state index contributed by atoms with van der Waals surface area (Å²) in [6.45, 7) is 5.00. The van der Waals surface area contributed by atoms with Gasteiger partial charge in [0.25, 0.3) is 0 Å². The maximum atomic E-state index is 3.68. The Balaban J connectivity index is 0.000000187. The number of aromatic nitrogens is 4. The van der Waals surface area contributed by atoms with Gasteiger partial charge in [0.2, 0.25) is 0 Å². The number of hydrogen-bond donors (Lipinski definition) is 1. The molecule has 3 N–H and O–H groups in total. The Morgan fingerprint density at radius 1 is 1.55 bits per heavy atom. The van der Waals surface area contributed by atoms with Crippen LogP contribution in [0, 0.1) is 6.92 Å². The molecule has 0 saturated carbocycles. The standard InChI is InChI=1S/C4H11N.C2H3N4/c1-2-3-4-5;1-2-3-5-6-4-2/h2-5H2,1H3;1H3/q;-1/p+1. The summed E-state index contributed by atoms with van der Waals surface area (Å²) >= 11 is 0. The van der Waals surface area contributed by atoms with Crippen molar-refractivity contribution in [2.45, 2.75) is 26.7 Å². The highest BCUT2D eigenvalue weighted by Gasteiger charge is 1.71. The number of nitrogens with zero attached hydrogens (tertiary/aromatic N) is 4. The highest BCUT2D eigenvalue weighted by atomic mass is 15.5. The second kappa shape index (κ2) is 7.14. The maximum Gasteiger partial charge on any atom is 0.0739 e. The molecular formula is C6H15N5. The van der Waals surface area contributed by atoms with E-state index in [0.717, 1.165) is 6.54 Å². The molecule has 0 aliphatic carbocycles. The minimum absolute atomic E-state index is 0.620. The first-order valence-electron chi connectivity index (χ1n) is 3.75. The molecule has 1 aromatic heterocycles. The van der Waals surface area contributed by atoms with Gasteiger partial charge in [-0.2, -0.15) is 5.21 Å². The summed E-state index contributed by atoms with van der Waals surface area (Å²) in [6.07, 6.45) is 2.56. The molecule has 5 heteroatoms. The van der Waals surface area contributed by atoms with Gasteiger partial charge in [0.05, 0.1) is 6.54 Å². The molecule has 0 spiro atoms. The van der Waals surface area contributed by atoms with E-state index in [9.17, 15) is 0 Å². The SMILES string of the molecule is CCCC[NH3+].Cc1nnn[n-]1. The summed E-state index contributed by atoms with van der Waals surface area (Å²) in [4.78, 5) is 0. The van der Waals surface area contributed by atoms with Crippen molar-refractivity contribution in [3.63, 3.8) is 0 Å². The van der Waals surface area contributed by atoms with Gasteiger partial charge in [-0.05, 0) is 13.3 Å². The minimum Gasteiger partial charge on any atom is -0.358 e. The Labute approximate surface area is 66.4 Å². The van der Waals surface area contributed by atoms with E-state index < -0.39 is 0 Å². The van der Waals surface area contributed by atoms with Crippen molar-refractivity contribution in [2.24, 2.45) is 0 Å². The number of aryl methyl sites for hydroxylation is 1. The number of unbranched alkanes of at least 4 members (excludes halogenated alkanes) is 1. The van der Waals surface area contributed by atoms with Crippen LogP contribution in [-0.2, 0) is 0 Å². The molecule has 1 aromatic rings. The normalized spacial score (nSPS) is 8.64. The molecule has 0 atom stereocenters. The zero-order chi connectivity index (χ0) is 8.53. The molecule has 0 fully saturated rings. The molecule has 5 nitrogen and oxygen atoms in total. The Bertz CT molecular complexity index is 146. The van der Waals surface area contributed by atoms with Crippen LogP contribution in [0.4, 0.5) is 0 Å². The van der Waals surface area contributed by atoms with E-state index in [0.29, 0.717) is 5.82 Å². The zero-order valence-electron chi connectivity index (χ0n) is 7.12. The fourth-order valence-electron chi connectivity index (χ4n) is 0.439. The summed E-state index contributed by atoms with van der Waals surface area (Å²) < 4.78 is 0. The van der Waals surface area contributed by atoms with Crippen LogP contribution < -0.4 is 10.8 Å². The number of rotatable bonds is 2. The predicted octanol–water partition coefficient (Wildman–Crippen LogP) is -0.834. The first-order valence-corrected chi connectivity index (χ1v) is 3.75. The van der Waals surface area contributed by atoms with Gasteiger partial charge < -0.3 is 10.8 Å². The summed E-state index contributed by atoms with van der Waals surface area (Å²) in [5.41, 5.74) is 3.68. The fraction of sp³-hybridized carbons (Fsp3) is 0.833. The van der Waals surface area contributed by atoms with E-state index >= 15 is 0 Å². The van der Waals surface area contributed by atoms with Gasteiger partial charge in [0.15, 0.2) is 0 Å².